The van der Waals surface area contributed by atoms with Gasteiger partial charge in [-0.3, -0.25) is 0 Å². The summed E-state index contributed by atoms with van der Waals surface area (Å²) < 4.78 is 6.39. The Balaban J connectivity index is 2.09. The number of nitrogens with one attached hydrogen (secondary N) is 1. The molecule has 18 heavy (non-hydrogen) atoms. The van der Waals surface area contributed by atoms with Crippen LogP contribution in [0, 0.1) is 0 Å². The van der Waals surface area contributed by atoms with Gasteiger partial charge in [0.2, 0.25) is 0 Å². The topological polar surface area (TPSA) is 56.1 Å². The molecule has 0 aliphatic carbocycles. The maximum absolute atomic E-state index is 11.3. The van der Waals surface area contributed by atoms with Crippen LogP contribution in [0.15, 0.2) is 42.7 Å². The Hall–Kier alpha value is -2.30. The minimum atomic E-state index is -0.400. The molecule has 0 aliphatic heterocycles. The van der Waals surface area contributed by atoms with Gasteiger partial charge >= 0.3 is 5.97 Å². The van der Waals surface area contributed by atoms with Crippen LogP contribution in [0.3, 0.4) is 0 Å². The van der Waals surface area contributed by atoms with Gasteiger partial charge in [0.05, 0.1) is 30.9 Å². The van der Waals surface area contributed by atoms with Gasteiger partial charge in [-0.25, -0.2) is 9.48 Å². The number of nitrogens with zero attached hydrogens (tertiary/aromatic N) is 2. The van der Waals surface area contributed by atoms with Crippen LogP contribution in [0.5, 0.6) is 0 Å². The molecule has 0 saturated heterocycles. The average Bonchev–Trinajstić information content (AvgIpc) is 2.87. The van der Waals surface area contributed by atoms with Gasteiger partial charge in [0.1, 0.15) is 6.04 Å². The number of rotatable bonds is 4. The van der Waals surface area contributed by atoms with Gasteiger partial charge in [-0.15, -0.1) is 0 Å². The molecule has 1 aromatic carbocycles. The number of aromatic nitrogens is 2. The largest absolute Gasteiger partial charge is 0.467 e. The first-order chi connectivity index (χ1) is 8.70. The number of carbonyl (C=O) groups is 1. The molecule has 94 valence electrons. The highest BCUT2D eigenvalue weighted by Gasteiger charge is 2.13. The van der Waals surface area contributed by atoms with Crippen LogP contribution in [0.2, 0.25) is 0 Å². The molecule has 2 aromatic rings. The Morgan fingerprint density at radius 3 is 2.78 bits per heavy atom. The van der Waals surface area contributed by atoms with E-state index in [-0.39, 0.29) is 5.97 Å². The van der Waals surface area contributed by atoms with Crippen LogP contribution in [0.1, 0.15) is 6.92 Å². The summed E-state index contributed by atoms with van der Waals surface area (Å²) in [5.74, 6) is -0.303. The van der Waals surface area contributed by atoms with E-state index >= 15 is 0 Å². The molecule has 1 heterocycles. The Morgan fingerprint density at radius 2 is 2.11 bits per heavy atom. The first-order valence-corrected chi connectivity index (χ1v) is 5.65. The SMILES string of the molecule is COC(=O)[C@H](C)Nc1cnn(-c2ccccc2)c1. The Bertz CT molecular complexity index is 522. The number of hydrogen-bond donors (Lipinski definition) is 1. The molecular formula is C13H15N3O2. The number of anilines is 1. The van der Waals surface area contributed by atoms with E-state index in [2.05, 4.69) is 15.2 Å². The number of carbonyl (C=O) groups excluding carboxylic acids is 1. The standard InChI is InChI=1S/C13H15N3O2/c1-10(13(17)18-2)15-11-8-14-16(9-11)12-6-4-3-5-7-12/h3-10,15H,1-2H3/t10-/m0/s1. The van der Waals surface area contributed by atoms with E-state index in [9.17, 15) is 4.79 Å². The van der Waals surface area contributed by atoms with E-state index in [1.165, 1.54) is 7.11 Å². The van der Waals surface area contributed by atoms with Gasteiger partial charge in [-0.1, -0.05) is 18.2 Å². The zero-order chi connectivity index (χ0) is 13.0. The van der Waals surface area contributed by atoms with E-state index in [1.54, 1.807) is 17.8 Å². The van der Waals surface area contributed by atoms with Crippen molar-refractivity contribution >= 4 is 11.7 Å². The highest BCUT2D eigenvalue weighted by molar-refractivity contribution is 5.78. The van der Waals surface area contributed by atoms with E-state index in [0.717, 1.165) is 11.4 Å². The van der Waals surface area contributed by atoms with Crippen molar-refractivity contribution in [3.63, 3.8) is 0 Å². The van der Waals surface area contributed by atoms with Crippen molar-refractivity contribution in [2.24, 2.45) is 0 Å². The molecular weight excluding hydrogens is 230 g/mol. The molecule has 0 saturated carbocycles. The maximum Gasteiger partial charge on any atom is 0.327 e. The molecule has 0 radical (unpaired) electrons. The fourth-order valence-electron chi connectivity index (χ4n) is 1.60. The predicted octanol–water partition coefficient (Wildman–Crippen LogP) is 1.85. The molecule has 0 aliphatic rings. The van der Waals surface area contributed by atoms with Gasteiger partial charge in [0.25, 0.3) is 0 Å². The molecule has 1 N–H and O–H groups in total. The molecule has 0 spiro atoms. The highest BCUT2D eigenvalue weighted by Crippen LogP contribution is 2.12. The van der Waals surface area contributed by atoms with Crippen molar-refractivity contribution in [1.82, 2.24) is 9.78 Å². The third-order valence-corrected chi connectivity index (χ3v) is 2.54. The number of methoxy groups -OCH3 is 1. The third-order valence-electron chi connectivity index (χ3n) is 2.54. The summed E-state index contributed by atoms with van der Waals surface area (Å²) in [5, 5.41) is 7.25. The Labute approximate surface area is 105 Å². The maximum atomic E-state index is 11.3. The third kappa shape index (κ3) is 2.68. The monoisotopic (exact) mass is 245 g/mol. The molecule has 5 nitrogen and oxygen atoms in total. The van der Waals surface area contributed by atoms with Crippen LogP contribution >= 0.6 is 0 Å². The molecule has 0 bridgehead atoms. The normalized spacial score (nSPS) is 11.9. The molecule has 5 heteroatoms. The number of ether oxygens (including phenoxy) is 1. The lowest BCUT2D eigenvalue weighted by molar-refractivity contribution is -0.141. The smallest absolute Gasteiger partial charge is 0.327 e. The fourth-order valence-corrected chi connectivity index (χ4v) is 1.60. The second-order valence-electron chi connectivity index (χ2n) is 3.90. The first kappa shape index (κ1) is 12.2. The second-order valence-corrected chi connectivity index (χ2v) is 3.90. The molecule has 0 unspecified atom stereocenters. The van der Waals surface area contributed by atoms with E-state index in [1.807, 2.05) is 36.5 Å². The molecule has 0 amide bonds. The van der Waals surface area contributed by atoms with E-state index in [0.29, 0.717) is 0 Å². The van der Waals surface area contributed by atoms with Crippen LogP contribution in [0.4, 0.5) is 5.69 Å². The Morgan fingerprint density at radius 1 is 1.39 bits per heavy atom. The Kier molecular flexibility index (Phi) is 3.62. The van der Waals surface area contributed by atoms with Crippen LogP contribution in [0.25, 0.3) is 5.69 Å². The zero-order valence-corrected chi connectivity index (χ0v) is 10.3. The quantitative estimate of drug-likeness (QED) is 0.835. The van der Waals surface area contributed by atoms with Gasteiger partial charge in [-0.05, 0) is 19.1 Å². The zero-order valence-electron chi connectivity index (χ0n) is 10.3. The minimum Gasteiger partial charge on any atom is -0.467 e. The number of esters is 1. The van der Waals surface area contributed by atoms with Crippen molar-refractivity contribution in [3.05, 3.63) is 42.7 Å². The average molecular weight is 245 g/mol. The molecule has 1 aromatic heterocycles. The van der Waals surface area contributed by atoms with Crippen molar-refractivity contribution in [2.75, 3.05) is 12.4 Å². The molecule has 1 atom stereocenters. The molecule has 0 fully saturated rings. The van der Waals surface area contributed by atoms with E-state index in [4.69, 9.17) is 0 Å². The van der Waals surface area contributed by atoms with E-state index < -0.39 is 6.04 Å². The molecule has 2 rings (SSSR count). The first-order valence-electron chi connectivity index (χ1n) is 5.65. The van der Waals surface area contributed by atoms with Gasteiger partial charge in [-0.2, -0.15) is 5.10 Å². The second kappa shape index (κ2) is 5.35. The van der Waals surface area contributed by atoms with Crippen molar-refractivity contribution in [2.45, 2.75) is 13.0 Å². The fraction of sp³-hybridized carbons (Fsp3) is 0.231. The predicted molar refractivity (Wildman–Crippen MR) is 68.7 cm³/mol. The lowest BCUT2D eigenvalue weighted by Gasteiger charge is -2.10. The highest BCUT2D eigenvalue weighted by atomic mass is 16.5. The van der Waals surface area contributed by atoms with Crippen LogP contribution < -0.4 is 5.32 Å². The van der Waals surface area contributed by atoms with Crippen LogP contribution in [-0.2, 0) is 9.53 Å². The summed E-state index contributed by atoms with van der Waals surface area (Å²) >= 11 is 0. The van der Waals surface area contributed by atoms with Gasteiger partial charge in [0.15, 0.2) is 0 Å². The lowest BCUT2D eigenvalue weighted by atomic mass is 10.3. The van der Waals surface area contributed by atoms with Gasteiger partial charge in [0, 0.05) is 0 Å². The summed E-state index contributed by atoms with van der Waals surface area (Å²) in [4.78, 5) is 11.3. The minimum absolute atomic E-state index is 0.303. The van der Waals surface area contributed by atoms with Crippen LogP contribution in [-0.4, -0.2) is 28.9 Å². The van der Waals surface area contributed by atoms with Crippen molar-refractivity contribution < 1.29 is 9.53 Å². The van der Waals surface area contributed by atoms with Crippen molar-refractivity contribution in [3.8, 4) is 5.69 Å². The summed E-state index contributed by atoms with van der Waals surface area (Å²) in [5.41, 5.74) is 1.74. The summed E-state index contributed by atoms with van der Waals surface area (Å²) in [6.45, 7) is 1.74. The number of hydrogen-bond acceptors (Lipinski definition) is 4. The van der Waals surface area contributed by atoms with Gasteiger partial charge < -0.3 is 10.1 Å². The lowest BCUT2D eigenvalue weighted by Crippen LogP contribution is -2.26. The summed E-state index contributed by atoms with van der Waals surface area (Å²) in [7, 11) is 1.37. The van der Waals surface area contributed by atoms with Crippen molar-refractivity contribution in [1.29, 1.82) is 0 Å². The summed E-state index contributed by atoms with van der Waals surface area (Å²) in [6.07, 6.45) is 3.50. The summed E-state index contributed by atoms with van der Waals surface area (Å²) in [6, 6.07) is 9.36. The number of benzene rings is 1. The number of para-hydroxylation sites is 1.